The Morgan fingerprint density at radius 1 is 1.56 bits per heavy atom. The summed E-state index contributed by atoms with van der Waals surface area (Å²) in [7, 11) is 1.49. The molecule has 0 aliphatic rings. The average molecular weight is 128 g/mol. The summed E-state index contributed by atoms with van der Waals surface area (Å²) in [4.78, 5) is 9.80. The van der Waals surface area contributed by atoms with Gasteiger partial charge in [-0.25, -0.2) is 4.79 Å². The lowest BCUT2D eigenvalue weighted by Crippen LogP contribution is -1.84. The molecule has 0 aliphatic heterocycles. The Kier molecular flexibility index (Phi) is 4.22. The molecule has 0 amide bonds. The van der Waals surface area contributed by atoms with E-state index in [-0.39, 0.29) is 0 Å². The first-order chi connectivity index (χ1) is 4.27. The van der Waals surface area contributed by atoms with Gasteiger partial charge >= 0.3 is 5.97 Å². The number of ether oxygens (including phenoxy) is 1. The summed E-state index contributed by atoms with van der Waals surface area (Å²) in [5.41, 5.74) is 0. The normalized spacial score (nSPS) is 10.8. The van der Waals surface area contributed by atoms with Crippen molar-refractivity contribution in [3.63, 3.8) is 0 Å². The number of carboxylic acid groups (broad SMARTS) is 1. The Morgan fingerprint density at radius 3 is 2.67 bits per heavy atom. The van der Waals surface area contributed by atoms with Gasteiger partial charge in [-0.05, 0) is 6.08 Å². The molecule has 0 atom stereocenters. The van der Waals surface area contributed by atoms with E-state index in [1.807, 2.05) is 0 Å². The highest BCUT2D eigenvalue weighted by molar-refractivity contribution is 5.80. The minimum absolute atomic E-state index is 0.962. The van der Waals surface area contributed by atoms with E-state index in [0.29, 0.717) is 0 Å². The number of hydrogen-bond donors (Lipinski definition) is 1. The standard InChI is InChI=1S/C6H8O3/c1-9-5-3-2-4-6(7)8/h2-5H,1H3,(H,7,8). The second kappa shape index (κ2) is 4.90. The van der Waals surface area contributed by atoms with Gasteiger partial charge in [-0.15, -0.1) is 0 Å². The van der Waals surface area contributed by atoms with E-state index in [1.54, 1.807) is 0 Å². The maximum absolute atomic E-state index is 9.80. The Bertz CT molecular complexity index is 135. The molecule has 0 aromatic rings. The smallest absolute Gasteiger partial charge is 0.328 e. The molecule has 0 saturated carbocycles. The fraction of sp³-hybridized carbons (Fsp3) is 0.167. The van der Waals surface area contributed by atoms with Gasteiger partial charge in [0.1, 0.15) is 0 Å². The predicted octanol–water partition coefficient (Wildman–Crippen LogP) is 0.787. The quantitative estimate of drug-likeness (QED) is 0.347. The topological polar surface area (TPSA) is 46.5 Å². The molecule has 3 heteroatoms. The SMILES string of the molecule is COC=CC=CC(=O)O. The summed E-state index contributed by atoms with van der Waals surface area (Å²) in [6.45, 7) is 0. The predicted molar refractivity (Wildman–Crippen MR) is 32.9 cm³/mol. The number of hydrogen-bond acceptors (Lipinski definition) is 2. The van der Waals surface area contributed by atoms with Crippen LogP contribution < -0.4 is 0 Å². The van der Waals surface area contributed by atoms with Crippen molar-refractivity contribution in [3.8, 4) is 0 Å². The van der Waals surface area contributed by atoms with Gasteiger partial charge in [0.25, 0.3) is 0 Å². The maximum atomic E-state index is 9.80. The van der Waals surface area contributed by atoms with Gasteiger partial charge in [-0.1, -0.05) is 6.08 Å². The maximum Gasteiger partial charge on any atom is 0.328 e. The van der Waals surface area contributed by atoms with Crippen LogP contribution in [0.25, 0.3) is 0 Å². The zero-order valence-electron chi connectivity index (χ0n) is 5.07. The van der Waals surface area contributed by atoms with E-state index < -0.39 is 5.97 Å². The minimum Gasteiger partial charge on any atom is -0.504 e. The van der Waals surface area contributed by atoms with Crippen LogP contribution in [0.3, 0.4) is 0 Å². The molecule has 1 N–H and O–H groups in total. The Labute approximate surface area is 53.3 Å². The van der Waals surface area contributed by atoms with Gasteiger partial charge in [0.15, 0.2) is 0 Å². The first kappa shape index (κ1) is 7.75. The molecule has 0 radical (unpaired) electrons. The van der Waals surface area contributed by atoms with Crippen molar-refractivity contribution in [2.45, 2.75) is 0 Å². The fourth-order valence-corrected chi connectivity index (χ4v) is 0.262. The number of aliphatic carboxylic acids is 1. The molecule has 0 rings (SSSR count). The molecule has 0 aliphatic carbocycles. The van der Waals surface area contributed by atoms with Gasteiger partial charge in [0, 0.05) is 6.08 Å². The molecule has 0 aromatic heterocycles. The van der Waals surface area contributed by atoms with Gasteiger partial charge in [-0.3, -0.25) is 0 Å². The zero-order chi connectivity index (χ0) is 7.11. The molecule has 0 spiro atoms. The van der Waals surface area contributed by atoms with E-state index in [2.05, 4.69) is 4.74 Å². The lowest BCUT2D eigenvalue weighted by atomic mass is 10.5. The van der Waals surface area contributed by atoms with Gasteiger partial charge in [0.05, 0.1) is 13.4 Å². The van der Waals surface area contributed by atoms with Crippen molar-refractivity contribution < 1.29 is 14.6 Å². The highest BCUT2D eigenvalue weighted by Gasteiger charge is 1.79. The van der Waals surface area contributed by atoms with Crippen molar-refractivity contribution in [1.29, 1.82) is 0 Å². The van der Waals surface area contributed by atoms with Crippen LogP contribution in [0.15, 0.2) is 24.5 Å². The molecule has 0 fully saturated rings. The molecule has 0 bridgehead atoms. The van der Waals surface area contributed by atoms with Crippen molar-refractivity contribution in [2.75, 3.05) is 7.11 Å². The van der Waals surface area contributed by atoms with Crippen molar-refractivity contribution >= 4 is 5.97 Å². The lowest BCUT2D eigenvalue weighted by molar-refractivity contribution is -0.131. The largest absolute Gasteiger partial charge is 0.504 e. The second-order valence-corrected chi connectivity index (χ2v) is 1.26. The molecule has 0 unspecified atom stereocenters. The van der Waals surface area contributed by atoms with E-state index >= 15 is 0 Å². The third kappa shape index (κ3) is 6.75. The summed E-state index contributed by atoms with van der Waals surface area (Å²) < 4.78 is 4.50. The third-order valence-corrected chi connectivity index (χ3v) is 0.565. The number of carboxylic acids is 1. The van der Waals surface area contributed by atoms with Crippen LogP contribution in [-0.2, 0) is 9.53 Å². The first-order valence-corrected chi connectivity index (χ1v) is 2.36. The van der Waals surface area contributed by atoms with Crippen LogP contribution >= 0.6 is 0 Å². The summed E-state index contributed by atoms with van der Waals surface area (Å²) in [5.74, 6) is -0.962. The molecular formula is C6H8O3. The van der Waals surface area contributed by atoms with Crippen molar-refractivity contribution in [3.05, 3.63) is 24.5 Å². The third-order valence-electron chi connectivity index (χ3n) is 0.565. The highest BCUT2D eigenvalue weighted by Crippen LogP contribution is 1.76. The minimum atomic E-state index is -0.962. The van der Waals surface area contributed by atoms with Gasteiger partial charge in [-0.2, -0.15) is 0 Å². The van der Waals surface area contributed by atoms with Crippen LogP contribution in [0.4, 0.5) is 0 Å². The van der Waals surface area contributed by atoms with Crippen LogP contribution in [0.2, 0.25) is 0 Å². The van der Waals surface area contributed by atoms with Gasteiger partial charge < -0.3 is 9.84 Å². The molecule has 0 saturated heterocycles. The summed E-state index contributed by atoms with van der Waals surface area (Å²) >= 11 is 0. The number of rotatable bonds is 3. The molecule has 0 aromatic carbocycles. The van der Waals surface area contributed by atoms with Crippen molar-refractivity contribution in [2.24, 2.45) is 0 Å². The molecule has 9 heavy (non-hydrogen) atoms. The van der Waals surface area contributed by atoms with E-state index in [0.717, 1.165) is 6.08 Å². The van der Waals surface area contributed by atoms with Crippen molar-refractivity contribution in [1.82, 2.24) is 0 Å². The van der Waals surface area contributed by atoms with E-state index in [1.165, 1.54) is 25.5 Å². The van der Waals surface area contributed by atoms with Crippen LogP contribution in [0.5, 0.6) is 0 Å². The fourth-order valence-electron chi connectivity index (χ4n) is 0.262. The number of methoxy groups -OCH3 is 1. The number of allylic oxidation sites excluding steroid dienone is 2. The van der Waals surface area contributed by atoms with E-state index in [9.17, 15) is 4.79 Å². The molecule has 3 nitrogen and oxygen atoms in total. The summed E-state index contributed by atoms with van der Waals surface area (Å²) in [5, 5.41) is 8.05. The zero-order valence-corrected chi connectivity index (χ0v) is 5.07. The van der Waals surface area contributed by atoms with Crippen LogP contribution in [0.1, 0.15) is 0 Å². The molecular weight excluding hydrogens is 120 g/mol. The number of carbonyl (C=O) groups is 1. The van der Waals surface area contributed by atoms with E-state index in [4.69, 9.17) is 5.11 Å². The Hall–Kier alpha value is -1.25. The summed E-state index contributed by atoms with van der Waals surface area (Å²) in [6.07, 6.45) is 5.29. The molecule has 50 valence electrons. The average Bonchev–Trinajstić information content (AvgIpc) is 1.80. The second-order valence-electron chi connectivity index (χ2n) is 1.26. The lowest BCUT2D eigenvalue weighted by Gasteiger charge is -1.79. The summed E-state index contributed by atoms with van der Waals surface area (Å²) in [6, 6.07) is 0. The molecule has 0 heterocycles. The van der Waals surface area contributed by atoms with Crippen LogP contribution in [-0.4, -0.2) is 18.2 Å². The first-order valence-electron chi connectivity index (χ1n) is 2.36. The Morgan fingerprint density at radius 2 is 2.22 bits per heavy atom. The Balaban J connectivity index is 3.47. The van der Waals surface area contributed by atoms with Gasteiger partial charge in [0.2, 0.25) is 0 Å². The van der Waals surface area contributed by atoms with Crippen LogP contribution in [0, 0.1) is 0 Å². The monoisotopic (exact) mass is 128 g/mol. The highest BCUT2D eigenvalue weighted by atomic mass is 16.5.